The minimum absolute atomic E-state index is 0.0353. The number of benzene rings is 4. The Morgan fingerprint density at radius 1 is 0.730 bits per heavy atom. The molecule has 0 N–H and O–H groups in total. The summed E-state index contributed by atoms with van der Waals surface area (Å²) in [6, 6.07) is 34.0. The van der Waals surface area contributed by atoms with Gasteiger partial charge in [0.05, 0.1) is 35.9 Å². The smallest absolute Gasteiger partial charge is 0.460 e. The lowest BCUT2D eigenvalue weighted by Crippen LogP contribution is -2.48. The number of hydrogen-bond donors (Lipinski definition) is 0. The average Bonchev–Trinajstić information content (AvgIpc) is 3.37. The molecule has 0 spiro atoms. The molecule has 3 aliphatic heterocycles. The summed E-state index contributed by atoms with van der Waals surface area (Å²) in [5.74, 6) is -4.48. The fourth-order valence-electron chi connectivity index (χ4n) is 10.3. The number of rotatable bonds is 21. The van der Waals surface area contributed by atoms with Crippen molar-refractivity contribution in [2.24, 2.45) is 11.3 Å². The molecule has 14 heteroatoms. The van der Waals surface area contributed by atoms with Crippen LogP contribution in [-0.4, -0.2) is 69.0 Å². The molecule has 2 saturated heterocycles. The van der Waals surface area contributed by atoms with Crippen molar-refractivity contribution in [1.29, 1.82) is 0 Å². The molecule has 7 rings (SSSR count). The number of ether oxygens (including phenoxy) is 6. The van der Waals surface area contributed by atoms with Gasteiger partial charge in [-0.05, 0) is 132 Å². The SMILES string of the molecule is C[C@@H](CC[C@@H]1CCC[C@H](CCCc2cccc3c2C(=O)OC(c2ccccc2)(c2ccccc2)O3)O1)[C@@H](C[C@H](C[C@@H]1CCC[C@H](C(C)(C)C(=O)OCc2ccccc2)O1)O[Si](C)(C)C(C)(C)C)OC(=O)C(F)(F)F. The van der Waals surface area contributed by atoms with Crippen molar-refractivity contribution in [1.82, 2.24) is 0 Å². The quantitative estimate of drug-likeness (QED) is 0.0454. The predicted molar refractivity (Wildman–Crippen MR) is 280 cm³/mol. The van der Waals surface area contributed by atoms with Crippen LogP contribution in [0, 0.1) is 11.3 Å². The van der Waals surface area contributed by atoms with Gasteiger partial charge in [-0.15, -0.1) is 0 Å². The first-order valence-corrected chi connectivity index (χ1v) is 29.6. The third-order valence-corrected chi connectivity index (χ3v) is 20.3. The fourth-order valence-corrected chi connectivity index (χ4v) is 11.7. The summed E-state index contributed by atoms with van der Waals surface area (Å²) in [5.41, 5.74) is 2.57. The summed E-state index contributed by atoms with van der Waals surface area (Å²) >= 11 is 0. The van der Waals surface area contributed by atoms with Crippen LogP contribution in [0.2, 0.25) is 18.1 Å². The van der Waals surface area contributed by atoms with Gasteiger partial charge in [0.2, 0.25) is 0 Å². The van der Waals surface area contributed by atoms with Crippen LogP contribution in [0.25, 0.3) is 0 Å². The highest BCUT2D eigenvalue weighted by Gasteiger charge is 2.48. The second kappa shape index (κ2) is 24.3. The van der Waals surface area contributed by atoms with E-state index >= 15 is 0 Å². The molecule has 0 bridgehead atoms. The molecule has 10 nitrogen and oxygen atoms in total. The van der Waals surface area contributed by atoms with Crippen LogP contribution in [0.5, 0.6) is 5.75 Å². The molecule has 4 aromatic rings. The van der Waals surface area contributed by atoms with Gasteiger partial charge in [-0.25, -0.2) is 9.59 Å². The van der Waals surface area contributed by atoms with Gasteiger partial charge in [0.1, 0.15) is 24.0 Å². The van der Waals surface area contributed by atoms with Crippen LogP contribution in [0.3, 0.4) is 0 Å². The third-order valence-electron chi connectivity index (χ3n) is 15.8. The Kier molecular flexibility index (Phi) is 18.6. The first-order chi connectivity index (χ1) is 35.1. The summed E-state index contributed by atoms with van der Waals surface area (Å²) < 4.78 is 86.4. The molecule has 2 fully saturated rings. The summed E-state index contributed by atoms with van der Waals surface area (Å²) in [7, 11) is -2.52. The van der Waals surface area contributed by atoms with Crippen molar-refractivity contribution in [3.05, 3.63) is 137 Å². The topological polar surface area (TPSA) is 116 Å². The Morgan fingerprint density at radius 3 is 1.95 bits per heavy atom. The standard InChI is InChI=1S/C60H77F3O10Si/c1-41(36-37-47-32-20-31-46(68-47)30-18-24-43-25-19-34-50-53(43)54(64)72-59(71-50,44-26-14-10-15-27-44)45-28-16-11-17-29-45)51(70-56(66)60(61,62)63)39-49(73-74(7,8)57(2,3)4)38-48-33-21-35-52(69-48)58(5,6)55(65)67-40-42-22-12-9-13-23-42/h9-17,19,22-23,25-29,34,41,46-49,51-52H,18,20-21,24,30-33,35-40H2,1-8H3/t41-,46-,47-,48-,49-,51+,52+/m0/s1. The summed E-state index contributed by atoms with van der Waals surface area (Å²) in [5, 5.41) is -0.219. The van der Waals surface area contributed by atoms with Crippen molar-refractivity contribution in [3.8, 4) is 5.75 Å². The molecule has 0 radical (unpaired) electrons. The zero-order valence-corrected chi connectivity index (χ0v) is 45.5. The predicted octanol–water partition coefficient (Wildman–Crippen LogP) is 14.2. The second-order valence-electron chi connectivity index (χ2n) is 22.8. The zero-order valence-electron chi connectivity index (χ0n) is 44.5. The van der Waals surface area contributed by atoms with Gasteiger partial charge >= 0.3 is 29.9 Å². The van der Waals surface area contributed by atoms with Crippen LogP contribution in [0.15, 0.2) is 109 Å². The Labute approximate surface area is 437 Å². The van der Waals surface area contributed by atoms with E-state index < -0.39 is 61.9 Å². The maximum absolute atomic E-state index is 14.0. The molecular formula is C60H77F3O10Si. The van der Waals surface area contributed by atoms with E-state index in [0.717, 1.165) is 49.7 Å². The van der Waals surface area contributed by atoms with E-state index in [-0.39, 0.29) is 42.3 Å². The Hall–Kier alpha value is -5.02. The van der Waals surface area contributed by atoms with Crippen molar-refractivity contribution in [2.45, 2.75) is 198 Å². The molecule has 0 unspecified atom stereocenters. The Balaban J connectivity index is 0.981. The fraction of sp³-hybridized carbons (Fsp3) is 0.550. The summed E-state index contributed by atoms with van der Waals surface area (Å²) in [6.07, 6.45) is 0.468. The lowest BCUT2D eigenvalue weighted by molar-refractivity contribution is -0.208. The van der Waals surface area contributed by atoms with Crippen LogP contribution < -0.4 is 4.74 Å². The van der Waals surface area contributed by atoms with Crippen LogP contribution in [0.1, 0.15) is 151 Å². The molecule has 0 aromatic heterocycles. The minimum Gasteiger partial charge on any atom is -0.460 e. The van der Waals surface area contributed by atoms with E-state index in [1.165, 1.54) is 0 Å². The van der Waals surface area contributed by atoms with Gasteiger partial charge in [0, 0.05) is 17.5 Å². The number of fused-ring (bicyclic) bond motifs is 1. The van der Waals surface area contributed by atoms with Gasteiger partial charge in [-0.2, -0.15) is 13.2 Å². The summed E-state index contributed by atoms with van der Waals surface area (Å²) in [4.78, 5) is 40.2. The van der Waals surface area contributed by atoms with E-state index in [1.807, 2.05) is 130 Å². The largest absolute Gasteiger partial charge is 0.490 e. The maximum Gasteiger partial charge on any atom is 0.490 e. The van der Waals surface area contributed by atoms with E-state index in [0.29, 0.717) is 61.0 Å². The highest BCUT2D eigenvalue weighted by molar-refractivity contribution is 6.74. The van der Waals surface area contributed by atoms with Gasteiger partial charge in [0.15, 0.2) is 8.32 Å². The molecule has 3 aliphatic rings. The molecule has 3 heterocycles. The molecular weight excluding hydrogens is 966 g/mol. The molecule has 7 atom stereocenters. The van der Waals surface area contributed by atoms with Crippen molar-refractivity contribution < 1.29 is 60.4 Å². The first kappa shape index (κ1) is 56.7. The lowest BCUT2D eigenvalue weighted by atomic mass is 9.81. The first-order valence-electron chi connectivity index (χ1n) is 26.7. The third kappa shape index (κ3) is 14.3. The molecule has 74 heavy (non-hydrogen) atoms. The number of carbonyl (C=O) groups is 3. The van der Waals surface area contributed by atoms with Crippen LogP contribution >= 0.6 is 0 Å². The van der Waals surface area contributed by atoms with E-state index in [2.05, 4.69) is 33.9 Å². The number of alkyl halides is 3. The number of cyclic esters (lactones) is 1. The number of halogens is 3. The highest BCUT2D eigenvalue weighted by Crippen LogP contribution is 2.45. The number of aryl methyl sites for hydroxylation is 1. The number of hydrogen-bond acceptors (Lipinski definition) is 10. The normalized spacial score (nSPS) is 21.5. The monoisotopic (exact) mass is 1040 g/mol. The van der Waals surface area contributed by atoms with Gasteiger partial charge in [0.25, 0.3) is 0 Å². The van der Waals surface area contributed by atoms with Gasteiger partial charge in [-0.1, -0.05) is 131 Å². The molecule has 0 amide bonds. The van der Waals surface area contributed by atoms with E-state index in [4.69, 9.17) is 32.8 Å². The van der Waals surface area contributed by atoms with E-state index in [1.54, 1.807) is 0 Å². The zero-order chi connectivity index (χ0) is 53.3. The van der Waals surface area contributed by atoms with Crippen LogP contribution in [-0.2, 0) is 56.5 Å². The van der Waals surface area contributed by atoms with Gasteiger partial charge in [-0.3, -0.25) is 4.79 Å². The van der Waals surface area contributed by atoms with E-state index in [9.17, 15) is 27.6 Å². The van der Waals surface area contributed by atoms with Crippen molar-refractivity contribution in [2.75, 3.05) is 0 Å². The Morgan fingerprint density at radius 2 is 1.32 bits per heavy atom. The van der Waals surface area contributed by atoms with Crippen LogP contribution in [0.4, 0.5) is 13.2 Å². The average molecular weight is 1040 g/mol. The maximum atomic E-state index is 14.0. The van der Waals surface area contributed by atoms with Crippen molar-refractivity contribution in [3.63, 3.8) is 0 Å². The number of esters is 3. The molecule has 0 aliphatic carbocycles. The lowest BCUT2D eigenvalue weighted by Gasteiger charge is -2.43. The summed E-state index contributed by atoms with van der Waals surface area (Å²) in [6.45, 7) is 16.2. The molecule has 4 aromatic carbocycles. The molecule has 0 saturated carbocycles. The van der Waals surface area contributed by atoms with Crippen molar-refractivity contribution >= 4 is 26.2 Å². The second-order valence-corrected chi connectivity index (χ2v) is 27.5. The minimum atomic E-state index is -5.17. The highest BCUT2D eigenvalue weighted by atomic mass is 28.4. The molecule has 402 valence electrons. The number of carbonyl (C=O) groups excluding carboxylic acids is 3. The van der Waals surface area contributed by atoms with Gasteiger partial charge < -0.3 is 32.8 Å². The Bertz CT molecular complexity index is 2420.